The Kier molecular flexibility index (Phi) is 2.56. The second-order valence-corrected chi connectivity index (χ2v) is 3.08. The maximum Gasteiger partial charge on any atom is 0.250 e. The molecule has 0 saturated carbocycles. The van der Waals surface area contributed by atoms with Crippen LogP contribution in [0, 0.1) is 6.92 Å². The van der Waals surface area contributed by atoms with Crippen LogP contribution in [-0.4, -0.2) is 5.91 Å². The van der Waals surface area contributed by atoms with Crippen molar-refractivity contribution in [3.05, 3.63) is 28.8 Å². The lowest BCUT2D eigenvalue weighted by Gasteiger charge is -2.07. The standard InChI is InChI=1S/C10H14N2O/c1-3-7-5-9(11)8(10(12)13)4-6(7)2/h4-5H,3,11H2,1-2H3,(H2,12,13). The van der Waals surface area contributed by atoms with Gasteiger partial charge < -0.3 is 11.5 Å². The fourth-order valence-corrected chi connectivity index (χ4v) is 1.37. The molecular formula is C10H14N2O. The SMILES string of the molecule is CCc1cc(N)c(C(N)=O)cc1C. The molecule has 0 heterocycles. The summed E-state index contributed by atoms with van der Waals surface area (Å²) in [5.41, 5.74) is 13.9. The number of anilines is 1. The van der Waals surface area contributed by atoms with E-state index in [2.05, 4.69) is 0 Å². The summed E-state index contributed by atoms with van der Waals surface area (Å²) in [6.07, 6.45) is 0.912. The molecule has 0 aliphatic rings. The Morgan fingerprint density at radius 1 is 1.46 bits per heavy atom. The molecule has 70 valence electrons. The van der Waals surface area contributed by atoms with Crippen molar-refractivity contribution in [2.75, 3.05) is 5.73 Å². The van der Waals surface area contributed by atoms with Crippen LogP contribution in [0.25, 0.3) is 0 Å². The monoisotopic (exact) mass is 178 g/mol. The van der Waals surface area contributed by atoms with Gasteiger partial charge in [0.15, 0.2) is 0 Å². The zero-order chi connectivity index (χ0) is 10.0. The molecule has 1 aromatic rings. The van der Waals surface area contributed by atoms with Gasteiger partial charge in [-0.1, -0.05) is 6.92 Å². The van der Waals surface area contributed by atoms with E-state index < -0.39 is 5.91 Å². The topological polar surface area (TPSA) is 69.1 Å². The quantitative estimate of drug-likeness (QED) is 0.669. The molecule has 0 aliphatic carbocycles. The van der Waals surface area contributed by atoms with Crippen LogP contribution >= 0.6 is 0 Å². The van der Waals surface area contributed by atoms with E-state index in [9.17, 15) is 4.79 Å². The maximum absolute atomic E-state index is 10.9. The summed E-state index contributed by atoms with van der Waals surface area (Å²) in [7, 11) is 0. The van der Waals surface area contributed by atoms with Gasteiger partial charge in [0.05, 0.1) is 5.56 Å². The molecule has 0 saturated heterocycles. The smallest absolute Gasteiger partial charge is 0.250 e. The van der Waals surface area contributed by atoms with Crippen LogP contribution in [0.4, 0.5) is 5.69 Å². The van der Waals surface area contributed by atoms with Gasteiger partial charge in [-0.25, -0.2) is 0 Å². The zero-order valence-corrected chi connectivity index (χ0v) is 7.92. The molecule has 1 amide bonds. The number of primary amides is 1. The highest BCUT2D eigenvalue weighted by Gasteiger charge is 2.07. The van der Waals surface area contributed by atoms with Crippen molar-refractivity contribution in [2.24, 2.45) is 5.73 Å². The van der Waals surface area contributed by atoms with Crippen molar-refractivity contribution in [2.45, 2.75) is 20.3 Å². The second-order valence-electron chi connectivity index (χ2n) is 3.08. The van der Waals surface area contributed by atoms with Crippen LogP contribution in [-0.2, 0) is 6.42 Å². The lowest BCUT2D eigenvalue weighted by atomic mass is 10.0. The summed E-state index contributed by atoms with van der Waals surface area (Å²) in [5.74, 6) is -0.469. The average molecular weight is 178 g/mol. The second kappa shape index (κ2) is 3.47. The lowest BCUT2D eigenvalue weighted by Crippen LogP contribution is -2.14. The molecule has 1 rings (SSSR count). The number of amides is 1. The number of aryl methyl sites for hydroxylation is 2. The molecule has 0 atom stereocenters. The van der Waals surface area contributed by atoms with Gasteiger partial charge in [0.1, 0.15) is 0 Å². The predicted octanol–water partition coefficient (Wildman–Crippen LogP) is 1.24. The van der Waals surface area contributed by atoms with E-state index in [-0.39, 0.29) is 0 Å². The van der Waals surface area contributed by atoms with Crippen molar-refractivity contribution in [1.82, 2.24) is 0 Å². The number of nitrogens with two attached hydrogens (primary N) is 2. The molecule has 1 aromatic carbocycles. The van der Waals surface area contributed by atoms with Crippen molar-refractivity contribution in [1.29, 1.82) is 0 Å². The van der Waals surface area contributed by atoms with Crippen LogP contribution < -0.4 is 11.5 Å². The first-order chi connectivity index (χ1) is 6.06. The Hall–Kier alpha value is -1.51. The maximum atomic E-state index is 10.9. The number of hydrogen-bond acceptors (Lipinski definition) is 2. The van der Waals surface area contributed by atoms with E-state index >= 15 is 0 Å². The summed E-state index contributed by atoms with van der Waals surface area (Å²) in [6.45, 7) is 4.00. The van der Waals surface area contributed by atoms with E-state index in [1.807, 2.05) is 19.9 Å². The molecule has 0 spiro atoms. The number of carbonyl (C=O) groups is 1. The van der Waals surface area contributed by atoms with Gasteiger partial charge in [-0.15, -0.1) is 0 Å². The Bertz CT molecular complexity index is 345. The van der Waals surface area contributed by atoms with Crippen molar-refractivity contribution < 1.29 is 4.79 Å². The molecule has 0 unspecified atom stereocenters. The molecule has 0 aliphatic heterocycles. The summed E-state index contributed by atoms with van der Waals surface area (Å²) >= 11 is 0. The Labute approximate surface area is 77.7 Å². The number of rotatable bonds is 2. The number of benzene rings is 1. The largest absolute Gasteiger partial charge is 0.398 e. The minimum absolute atomic E-state index is 0.412. The highest BCUT2D eigenvalue weighted by Crippen LogP contribution is 2.18. The average Bonchev–Trinajstić information content (AvgIpc) is 2.07. The van der Waals surface area contributed by atoms with Crippen LogP contribution in [0.5, 0.6) is 0 Å². The molecule has 0 fully saturated rings. The van der Waals surface area contributed by atoms with Crippen LogP contribution in [0.15, 0.2) is 12.1 Å². The lowest BCUT2D eigenvalue weighted by molar-refractivity contribution is 0.100. The summed E-state index contributed by atoms with van der Waals surface area (Å²) in [4.78, 5) is 10.9. The van der Waals surface area contributed by atoms with Gasteiger partial charge in [-0.2, -0.15) is 0 Å². The molecule has 3 heteroatoms. The van der Waals surface area contributed by atoms with Gasteiger partial charge >= 0.3 is 0 Å². The van der Waals surface area contributed by atoms with Crippen LogP contribution in [0.3, 0.4) is 0 Å². The first kappa shape index (κ1) is 9.58. The van der Waals surface area contributed by atoms with Crippen molar-refractivity contribution in [3.8, 4) is 0 Å². The number of hydrogen-bond donors (Lipinski definition) is 2. The van der Waals surface area contributed by atoms with Crippen molar-refractivity contribution >= 4 is 11.6 Å². The predicted molar refractivity (Wildman–Crippen MR) is 53.5 cm³/mol. The number of nitrogen functional groups attached to an aromatic ring is 1. The fraction of sp³-hybridized carbons (Fsp3) is 0.300. The third-order valence-corrected chi connectivity index (χ3v) is 2.15. The number of carbonyl (C=O) groups excluding carboxylic acids is 1. The van der Waals surface area contributed by atoms with E-state index in [4.69, 9.17) is 11.5 Å². The van der Waals surface area contributed by atoms with E-state index in [1.165, 1.54) is 0 Å². The highest BCUT2D eigenvalue weighted by molar-refractivity contribution is 5.98. The van der Waals surface area contributed by atoms with Crippen LogP contribution in [0.2, 0.25) is 0 Å². The molecule has 0 bridgehead atoms. The van der Waals surface area contributed by atoms with Gasteiger partial charge in [0.25, 0.3) is 5.91 Å². The van der Waals surface area contributed by atoms with Crippen molar-refractivity contribution in [3.63, 3.8) is 0 Å². The fourth-order valence-electron chi connectivity index (χ4n) is 1.37. The summed E-state index contributed by atoms with van der Waals surface area (Å²) in [6, 6.07) is 3.56. The van der Waals surface area contributed by atoms with E-state index in [0.717, 1.165) is 17.5 Å². The molecule has 0 aromatic heterocycles. The molecule has 0 radical (unpaired) electrons. The molecule has 13 heavy (non-hydrogen) atoms. The Balaban J connectivity index is 3.28. The van der Waals surface area contributed by atoms with E-state index in [1.54, 1.807) is 6.07 Å². The first-order valence-electron chi connectivity index (χ1n) is 4.25. The summed E-state index contributed by atoms with van der Waals surface area (Å²) in [5, 5.41) is 0. The highest BCUT2D eigenvalue weighted by atomic mass is 16.1. The zero-order valence-electron chi connectivity index (χ0n) is 7.92. The first-order valence-corrected chi connectivity index (χ1v) is 4.25. The Morgan fingerprint density at radius 2 is 2.08 bits per heavy atom. The van der Waals surface area contributed by atoms with Crippen LogP contribution in [0.1, 0.15) is 28.4 Å². The minimum Gasteiger partial charge on any atom is -0.398 e. The van der Waals surface area contributed by atoms with E-state index in [0.29, 0.717) is 11.3 Å². The Morgan fingerprint density at radius 3 is 2.54 bits per heavy atom. The minimum atomic E-state index is -0.469. The molecule has 4 N–H and O–H groups in total. The summed E-state index contributed by atoms with van der Waals surface area (Å²) < 4.78 is 0. The third-order valence-electron chi connectivity index (χ3n) is 2.15. The third kappa shape index (κ3) is 1.80. The molecule has 3 nitrogen and oxygen atoms in total. The normalized spacial score (nSPS) is 10.0. The van der Waals surface area contributed by atoms with Gasteiger partial charge in [-0.05, 0) is 36.6 Å². The van der Waals surface area contributed by atoms with Gasteiger partial charge in [-0.3, -0.25) is 4.79 Å². The van der Waals surface area contributed by atoms with Gasteiger partial charge in [0, 0.05) is 5.69 Å². The van der Waals surface area contributed by atoms with Gasteiger partial charge in [0.2, 0.25) is 0 Å². The molecular weight excluding hydrogens is 164 g/mol.